The summed E-state index contributed by atoms with van der Waals surface area (Å²) in [6.45, 7) is -1.41. The molecule has 8 aliphatic heterocycles. The summed E-state index contributed by atoms with van der Waals surface area (Å²) in [6, 6.07) is -3.47. The summed E-state index contributed by atoms with van der Waals surface area (Å²) < 4.78 is 86.4. The molecule has 0 aromatic carbocycles. The first-order chi connectivity index (χ1) is 43.9. The van der Waals surface area contributed by atoms with Crippen molar-refractivity contribution in [3.05, 3.63) is 0 Å². The van der Waals surface area contributed by atoms with Crippen LogP contribution in [0.15, 0.2) is 0 Å². The second-order valence-corrected chi connectivity index (χ2v) is 23.9. The predicted molar refractivity (Wildman–Crippen MR) is 285 cm³/mol. The molecule has 8 rings (SSSR count). The largest absolute Gasteiger partial charge is 0.394 e. The van der Waals surface area contributed by atoms with Crippen molar-refractivity contribution in [1.29, 1.82) is 0 Å². The van der Waals surface area contributed by atoms with E-state index < -0.39 is 297 Å². The number of hydrogen-bond donors (Lipinski definition) is 24. The van der Waals surface area contributed by atoms with Crippen molar-refractivity contribution in [3.63, 3.8) is 0 Å². The number of aliphatic hydroxyl groups excluding tert-OH is 22. The number of nitrogens with one attached hydrogen (secondary N) is 2. The van der Waals surface area contributed by atoms with E-state index in [1.54, 1.807) is 0 Å². The molecule has 0 aromatic heterocycles. The first-order valence-corrected chi connectivity index (χ1v) is 29.9. The first-order valence-electron chi connectivity index (χ1n) is 29.9. The average molecular weight is 1370 g/mol. The van der Waals surface area contributed by atoms with E-state index in [4.69, 9.17) is 71.1 Å². The zero-order valence-corrected chi connectivity index (χ0v) is 50.1. The van der Waals surface area contributed by atoms with Gasteiger partial charge in [0.15, 0.2) is 50.3 Å². The van der Waals surface area contributed by atoms with Crippen molar-refractivity contribution in [1.82, 2.24) is 10.6 Å². The highest BCUT2D eigenvalue weighted by Gasteiger charge is 2.59. The van der Waals surface area contributed by atoms with Gasteiger partial charge in [-0.15, -0.1) is 0 Å². The minimum Gasteiger partial charge on any atom is -0.394 e. The average Bonchev–Trinajstić information content (AvgIpc) is 0.806. The molecule has 93 heavy (non-hydrogen) atoms. The van der Waals surface area contributed by atoms with E-state index in [2.05, 4.69) is 10.6 Å². The molecule has 0 aromatic rings. The smallest absolute Gasteiger partial charge is 0.217 e. The van der Waals surface area contributed by atoms with E-state index in [9.17, 15) is 122 Å². The molecule has 0 saturated carbocycles. The van der Waals surface area contributed by atoms with Crippen LogP contribution in [0.4, 0.5) is 0 Å². The third-order valence-corrected chi connectivity index (χ3v) is 17.4. The predicted octanol–water partition coefficient (Wildman–Crippen LogP) is -16.1. The lowest BCUT2D eigenvalue weighted by molar-refractivity contribution is -0.398. The molecule has 41 heteroatoms. The molecule has 2 amide bonds. The molecule has 8 saturated heterocycles. The summed E-state index contributed by atoms with van der Waals surface area (Å²) in [5.41, 5.74) is 0. The van der Waals surface area contributed by atoms with Gasteiger partial charge in [-0.25, -0.2) is 0 Å². The SMILES string of the molecule is CC(=O)N[C@@H]1[C@@H](O[C@@H]2O[C@H](CO)[C@H](O)[C@H](O)[C@H]2O[C@@H]2O[C@@H](C)[C@@H](O)[C@@H](O)[C@@H]2O)[C@@H](O)[C@@H](CO[C@@H]2O[C@H](CO)[C@@H](O[C@@H]3O[C@H](CO)[C@H](O[C@H]4O[C@H](CO)[C@H](O)[C@H](O[C@H]5O[C@H](CO)[C@H](O)[C@H](O)[C@H]5O[C@@H]5O[C@@H](C)[C@@H](O)[C@@H](O)[C@@H]5O)[C@H]4O)[C@H](O)[C@H]3O)[C@H](O)[C@H]2NC(C)=O)O[C@@H]1O. The van der Waals surface area contributed by atoms with Gasteiger partial charge in [0.25, 0.3) is 0 Å². The van der Waals surface area contributed by atoms with Crippen molar-refractivity contribution in [3.8, 4) is 0 Å². The Morgan fingerprint density at radius 2 is 0.634 bits per heavy atom. The molecule has 0 aliphatic carbocycles. The van der Waals surface area contributed by atoms with Crippen LogP contribution in [-0.2, 0) is 80.6 Å². The number of amides is 2. The van der Waals surface area contributed by atoms with Gasteiger partial charge in [-0.3, -0.25) is 9.59 Å². The maximum Gasteiger partial charge on any atom is 0.217 e. The van der Waals surface area contributed by atoms with Gasteiger partial charge in [0, 0.05) is 13.8 Å². The summed E-state index contributed by atoms with van der Waals surface area (Å²) in [5, 5.41) is 244. The number of aliphatic hydroxyl groups is 22. The summed E-state index contributed by atoms with van der Waals surface area (Å²) in [7, 11) is 0. The van der Waals surface area contributed by atoms with E-state index in [0.717, 1.165) is 13.8 Å². The highest BCUT2D eigenvalue weighted by Crippen LogP contribution is 2.38. The van der Waals surface area contributed by atoms with Gasteiger partial charge in [-0.2, -0.15) is 0 Å². The lowest BCUT2D eigenvalue weighted by atomic mass is 9.94. The van der Waals surface area contributed by atoms with Crippen molar-refractivity contribution in [2.24, 2.45) is 0 Å². The topological polar surface area (TPSA) is 642 Å². The van der Waals surface area contributed by atoms with Crippen LogP contribution in [0, 0.1) is 0 Å². The van der Waals surface area contributed by atoms with Gasteiger partial charge in [0.2, 0.25) is 11.8 Å². The van der Waals surface area contributed by atoms with E-state index in [1.165, 1.54) is 13.8 Å². The Morgan fingerprint density at radius 3 is 1.10 bits per heavy atom. The van der Waals surface area contributed by atoms with Crippen LogP contribution in [0.2, 0.25) is 0 Å². The molecule has 540 valence electrons. The highest BCUT2D eigenvalue weighted by molar-refractivity contribution is 5.73. The zero-order valence-electron chi connectivity index (χ0n) is 50.1. The molecule has 8 aliphatic rings. The Hall–Kier alpha value is -2.54. The summed E-state index contributed by atoms with van der Waals surface area (Å²) in [4.78, 5) is 25.2. The quantitative estimate of drug-likeness (QED) is 0.0479. The second-order valence-electron chi connectivity index (χ2n) is 23.9. The van der Waals surface area contributed by atoms with E-state index >= 15 is 0 Å². The Kier molecular flexibility index (Phi) is 26.7. The molecule has 0 unspecified atom stereocenters. The van der Waals surface area contributed by atoms with Crippen LogP contribution in [0.1, 0.15) is 27.7 Å². The number of ether oxygens (including phenoxy) is 15. The molecular weight excluding hydrogens is 1280 g/mol. The second kappa shape index (κ2) is 32.6. The van der Waals surface area contributed by atoms with Crippen molar-refractivity contribution >= 4 is 11.8 Å². The van der Waals surface area contributed by atoms with Gasteiger partial charge in [-0.1, -0.05) is 0 Å². The monoisotopic (exact) mass is 1360 g/mol. The van der Waals surface area contributed by atoms with Crippen molar-refractivity contribution in [2.75, 3.05) is 39.6 Å². The van der Waals surface area contributed by atoms with Gasteiger partial charge >= 0.3 is 0 Å². The lowest BCUT2D eigenvalue weighted by Crippen LogP contribution is -2.69. The van der Waals surface area contributed by atoms with Crippen LogP contribution < -0.4 is 10.6 Å². The van der Waals surface area contributed by atoms with Crippen molar-refractivity contribution in [2.45, 2.75) is 273 Å². The minimum absolute atomic E-state index is 0.822. The van der Waals surface area contributed by atoms with E-state index in [0.29, 0.717) is 0 Å². The fourth-order valence-corrected chi connectivity index (χ4v) is 12.0. The molecule has 8 fully saturated rings. The summed E-state index contributed by atoms with van der Waals surface area (Å²) >= 11 is 0. The van der Waals surface area contributed by atoms with Crippen molar-refractivity contribution < 1.29 is 193 Å². The maximum atomic E-state index is 12.7. The van der Waals surface area contributed by atoms with Crippen LogP contribution >= 0.6 is 0 Å². The minimum atomic E-state index is -2.28. The Balaban J connectivity index is 0.948. The molecule has 0 radical (unpaired) electrons. The molecule has 40 atom stereocenters. The molecule has 0 bridgehead atoms. The number of carbonyl (C=O) groups excluding carboxylic acids is 2. The summed E-state index contributed by atoms with van der Waals surface area (Å²) in [5.74, 6) is -1.67. The van der Waals surface area contributed by atoms with Crippen LogP contribution in [0.3, 0.4) is 0 Å². The number of hydrogen-bond acceptors (Lipinski definition) is 39. The van der Waals surface area contributed by atoms with Gasteiger partial charge in [-0.05, 0) is 13.8 Å². The fourth-order valence-electron chi connectivity index (χ4n) is 12.0. The molecule has 41 nitrogen and oxygen atoms in total. The van der Waals surface area contributed by atoms with Crippen LogP contribution in [0.5, 0.6) is 0 Å². The normalized spacial score (nSPS) is 51.6. The summed E-state index contributed by atoms with van der Waals surface area (Å²) in [6.07, 6.45) is -72.2. The lowest BCUT2D eigenvalue weighted by Gasteiger charge is -2.50. The zero-order chi connectivity index (χ0) is 68.5. The molecule has 24 N–H and O–H groups in total. The van der Waals surface area contributed by atoms with Crippen LogP contribution in [0.25, 0.3) is 0 Å². The van der Waals surface area contributed by atoms with Gasteiger partial charge in [0.05, 0.1) is 51.8 Å². The first kappa shape index (κ1) is 76.2. The highest BCUT2D eigenvalue weighted by atomic mass is 16.8. The Labute approximate surface area is 527 Å². The van der Waals surface area contributed by atoms with Gasteiger partial charge < -0.3 is 194 Å². The number of carbonyl (C=O) groups is 2. The third kappa shape index (κ3) is 16.4. The molecule has 0 spiro atoms. The maximum absolute atomic E-state index is 12.7. The third-order valence-electron chi connectivity index (χ3n) is 17.4. The standard InChI is InChI=1S/C52H88N2O39/c1-11-23(62)30(69)35(74)47(80-11)92-43-32(71)25(64)15(5-55)84-51(43)90-41-22(54-14(4)61)45(78)82-20(28(41)67)10-79-46-21(53-13(3)60)29(68)39(18(8-58)86-46)88-49-37(76)34(73)40(19(9-59)87-49)89-50-38(77)42(27(66)17(7-57)83-50)91-52-44(33(72)26(65)16(6-56)85-52)93-48-36(75)31(70)24(63)12(2)81-48/h11-12,15-52,55-59,62-78H,5-10H2,1-4H3,(H,53,60)(H,54,61)/t11-,12-,15+,16+,17+,18+,19+,20+,21+,22+,23+,24+,25-,26-,27-,28-,29+,30+,31+,32-,33-,34+,35-,36-,37+,38+,39+,40-,41+,42-,43+,44+,45-,46+,47-,48-,49-,50+,51-,52+/m0/s1. The fraction of sp³-hybridized carbons (Fsp3) is 0.962. The molecule has 8 heterocycles. The Bertz CT molecular complexity index is 2350. The van der Waals surface area contributed by atoms with E-state index in [-0.39, 0.29) is 0 Å². The van der Waals surface area contributed by atoms with E-state index in [1.807, 2.05) is 0 Å². The van der Waals surface area contributed by atoms with Crippen LogP contribution in [-0.4, -0.2) is 409 Å². The Morgan fingerprint density at radius 1 is 0.301 bits per heavy atom. The molecular formula is C52H88N2O39. The van der Waals surface area contributed by atoms with Gasteiger partial charge in [0.1, 0.15) is 183 Å². The number of rotatable bonds is 22.